The molecule has 0 fully saturated rings. The van der Waals surface area contributed by atoms with Gasteiger partial charge in [0.1, 0.15) is 11.2 Å². The van der Waals surface area contributed by atoms with Crippen molar-refractivity contribution >= 4 is 145 Å². The summed E-state index contributed by atoms with van der Waals surface area (Å²) in [4.78, 5) is 5.46. The molecule has 19 aromatic rings. The Morgan fingerprint density at radius 2 is 0.544 bits per heavy atom. The Balaban J connectivity index is 0.977. The van der Waals surface area contributed by atoms with Gasteiger partial charge in [-0.25, -0.2) is 0 Å². The first-order valence-electron chi connectivity index (χ1n) is 45.1. The number of benzene rings is 15. The molecule has 0 bridgehead atoms. The second-order valence-corrected chi connectivity index (χ2v) is 43.1. The van der Waals surface area contributed by atoms with E-state index < -0.39 is 0 Å². The first-order chi connectivity index (χ1) is 59.4. The number of hydrogen-bond donors (Lipinski definition) is 0. The van der Waals surface area contributed by atoms with Crippen molar-refractivity contribution in [2.75, 3.05) is 9.80 Å². The van der Waals surface area contributed by atoms with Gasteiger partial charge < -0.3 is 27.9 Å². The van der Waals surface area contributed by atoms with E-state index in [9.17, 15) is 0 Å². The van der Waals surface area contributed by atoms with Crippen LogP contribution in [0.2, 0.25) is 0 Å². The Morgan fingerprint density at radius 1 is 0.224 bits per heavy atom. The van der Waals surface area contributed by atoms with E-state index in [4.69, 9.17) is 4.42 Å². The Labute approximate surface area is 737 Å². The van der Waals surface area contributed by atoms with Crippen LogP contribution >= 0.6 is 0 Å². The van der Waals surface area contributed by atoms with Gasteiger partial charge in [0.05, 0.1) is 55.5 Å². The van der Waals surface area contributed by atoms with Gasteiger partial charge in [-0.15, -0.1) is 0 Å². The van der Waals surface area contributed by atoms with Gasteiger partial charge in [-0.2, -0.15) is 0 Å². The van der Waals surface area contributed by atoms with Crippen molar-refractivity contribution in [2.24, 2.45) is 0 Å². The fraction of sp³-hybridized carbons (Fsp3) is 0.237. The topological polar surface area (TPSA) is 34.4 Å². The minimum atomic E-state index is -0.344. The quantitative estimate of drug-likeness (QED) is 0.142. The molecule has 0 N–H and O–H groups in total. The molecule has 0 radical (unpaired) electrons. The van der Waals surface area contributed by atoms with E-state index in [2.05, 4.69) is 466 Å². The van der Waals surface area contributed by atoms with Crippen LogP contribution in [0.25, 0.3) is 138 Å². The van der Waals surface area contributed by atoms with E-state index >= 15 is 0 Å². The van der Waals surface area contributed by atoms with Crippen LogP contribution < -0.4 is 26.2 Å². The van der Waals surface area contributed by atoms with E-state index in [1.165, 1.54) is 98.7 Å². The highest BCUT2D eigenvalue weighted by Crippen LogP contribution is 2.56. The minimum absolute atomic E-state index is 0.0903. The average Bonchev–Trinajstić information content (AvgIpc) is 1.50. The Kier molecular flexibility index (Phi) is 17.7. The maximum absolute atomic E-state index is 7.35. The monoisotopic (exact) mass is 1630 g/mol. The highest BCUT2D eigenvalue weighted by atomic mass is 16.3. The molecule has 0 amide bonds. The van der Waals surface area contributed by atoms with Gasteiger partial charge in [-0.1, -0.05) is 303 Å². The number of anilines is 6. The molecule has 125 heavy (non-hydrogen) atoms. The molecule has 2 aliphatic rings. The molecule has 0 atom stereocenters. The lowest BCUT2D eigenvalue weighted by Crippen LogP contribution is -2.61. The lowest BCUT2D eigenvalue weighted by atomic mass is 9.33. The zero-order chi connectivity index (χ0) is 87.0. The molecule has 618 valence electrons. The van der Waals surface area contributed by atoms with Crippen molar-refractivity contribution in [1.29, 1.82) is 0 Å². The van der Waals surface area contributed by atoms with Crippen molar-refractivity contribution < 1.29 is 4.42 Å². The van der Waals surface area contributed by atoms with Gasteiger partial charge in [0.2, 0.25) is 0 Å². The van der Waals surface area contributed by atoms with Gasteiger partial charge in [0.15, 0.2) is 0 Å². The number of fused-ring (bicyclic) bond motifs is 16. The number of nitrogens with zero attached hydrogens (tertiary/aromatic N) is 5. The summed E-state index contributed by atoms with van der Waals surface area (Å²) in [7, 11) is 0. The molecule has 6 nitrogen and oxygen atoms in total. The normalized spacial score (nSPS) is 13.6. The summed E-state index contributed by atoms with van der Waals surface area (Å²) in [5, 5.41) is 9.53. The van der Waals surface area contributed by atoms with Crippen LogP contribution in [0.1, 0.15) is 184 Å². The summed E-state index contributed by atoms with van der Waals surface area (Å²) in [6.45, 7) is 49.0. The fourth-order valence-electron chi connectivity index (χ4n) is 20.4. The van der Waals surface area contributed by atoms with Crippen molar-refractivity contribution in [1.82, 2.24) is 13.7 Å². The molecular weight excluding hydrogens is 1510 g/mol. The predicted octanol–water partition coefficient (Wildman–Crippen LogP) is 31.0. The lowest BCUT2D eigenvalue weighted by Gasteiger charge is -2.45. The first-order valence-corrected chi connectivity index (χ1v) is 45.1. The van der Waals surface area contributed by atoms with Crippen molar-refractivity contribution in [3.63, 3.8) is 0 Å². The molecule has 0 saturated carbocycles. The SMILES string of the molecule is CC(C)(C)c1cc(-c2ccccc2)c(N2c3cc(-n4c5ccc(C(C)(C)C)cc5c5cc(C(C)(C)C)ccc54)ccc3B3c4ccc(-n5c6ccc(C(C)(C)C)cc6c6cc(C(C)(C)C)ccc65)cc4N(c4cc(-c5ccccc5)cc5oc6ccccc6c45)c4cc(-n5c6ccc(C(C)(C)C)cc6c6cc(C(C)(C)C)ccc65)cc2c43)c(-c2ccccc2)c1. The van der Waals surface area contributed by atoms with Gasteiger partial charge in [-0.3, -0.25) is 0 Å². The molecule has 21 rings (SSSR count). The van der Waals surface area contributed by atoms with Gasteiger partial charge in [0.25, 0.3) is 6.71 Å². The van der Waals surface area contributed by atoms with E-state index in [0.29, 0.717) is 0 Å². The Hall–Kier alpha value is -12.8. The van der Waals surface area contributed by atoms with Crippen molar-refractivity contribution in [3.05, 3.63) is 336 Å². The molecule has 0 saturated heterocycles. The molecule has 15 aromatic carbocycles. The number of aromatic nitrogens is 3. The molecular formula is C118H112BN5O. The van der Waals surface area contributed by atoms with Gasteiger partial charge in [0, 0.05) is 83.0 Å². The zero-order valence-electron chi connectivity index (χ0n) is 76.5. The van der Waals surface area contributed by atoms with Crippen LogP contribution in [0.4, 0.5) is 34.1 Å². The fourth-order valence-corrected chi connectivity index (χ4v) is 20.4. The summed E-state index contributed by atoms with van der Waals surface area (Å²) >= 11 is 0. The van der Waals surface area contributed by atoms with E-state index in [1.807, 2.05) is 0 Å². The third-order valence-electron chi connectivity index (χ3n) is 27.5. The number of para-hydroxylation sites is 1. The van der Waals surface area contributed by atoms with Crippen molar-refractivity contribution in [3.8, 4) is 50.4 Å². The van der Waals surface area contributed by atoms with Crippen LogP contribution in [0.15, 0.2) is 302 Å². The van der Waals surface area contributed by atoms with Crippen LogP contribution in [-0.4, -0.2) is 20.4 Å². The first kappa shape index (κ1) is 79.4. The standard InChI is InChI=1S/C118H112BN5O/c1-112(2,3)75-41-51-96-88(59-75)89-60-76(113(4,5)6)42-52-97(89)120(96)82-47-49-94-102(67-82)123(104-57-74(71-33-25-22-26-34-71)58-108-109(104)85-39-31-32-40-107(85)125-108)105-69-84(122-100-55-45-79(116(13,14)15)63-92(100)93-64-80(117(16,17)18)46-56-101(93)122)70-106-110(105)119(94)95-50-48-83(121-98-53-43-77(114(7,8)9)61-90(98)91-62-78(115(10,11)12)44-54-99(91)121)68-103(95)124(106)111-86(72-35-27-23-28-36-72)65-81(118(19,20)21)66-87(111)73-37-29-24-30-38-73/h22-70H,1-21H3. The summed E-state index contributed by atoms with van der Waals surface area (Å²) < 4.78 is 15.1. The Bertz CT molecular complexity index is 7410. The lowest BCUT2D eigenvalue weighted by molar-refractivity contribution is 0.590. The second-order valence-electron chi connectivity index (χ2n) is 43.1. The molecule has 0 spiro atoms. The van der Waals surface area contributed by atoms with E-state index in [-0.39, 0.29) is 44.6 Å². The van der Waals surface area contributed by atoms with Crippen LogP contribution in [-0.2, 0) is 37.9 Å². The molecule has 6 heterocycles. The van der Waals surface area contributed by atoms with Crippen LogP contribution in [0.5, 0.6) is 0 Å². The molecule has 2 aliphatic heterocycles. The third kappa shape index (κ3) is 12.9. The highest BCUT2D eigenvalue weighted by molar-refractivity contribution is 7.00. The molecule has 7 heteroatoms. The summed E-state index contributed by atoms with van der Waals surface area (Å²) in [6, 6.07) is 116. The summed E-state index contributed by atoms with van der Waals surface area (Å²) in [6.07, 6.45) is 0. The number of furan rings is 1. The molecule has 0 unspecified atom stereocenters. The van der Waals surface area contributed by atoms with Gasteiger partial charge >= 0.3 is 0 Å². The number of hydrogen-bond acceptors (Lipinski definition) is 3. The summed E-state index contributed by atoms with van der Waals surface area (Å²) in [5.74, 6) is 0. The second kappa shape index (κ2) is 27.8. The predicted molar refractivity (Wildman–Crippen MR) is 538 cm³/mol. The smallest absolute Gasteiger partial charge is 0.252 e. The maximum Gasteiger partial charge on any atom is 0.252 e. The minimum Gasteiger partial charge on any atom is -0.456 e. The van der Waals surface area contributed by atoms with Crippen molar-refractivity contribution in [2.45, 2.75) is 183 Å². The zero-order valence-corrected chi connectivity index (χ0v) is 76.5. The average molecular weight is 1630 g/mol. The largest absolute Gasteiger partial charge is 0.456 e. The van der Waals surface area contributed by atoms with Crippen LogP contribution in [0.3, 0.4) is 0 Å². The maximum atomic E-state index is 7.35. The highest BCUT2D eigenvalue weighted by Gasteiger charge is 2.47. The summed E-state index contributed by atoms with van der Waals surface area (Å²) in [5.41, 5.74) is 36.8. The van der Waals surface area contributed by atoms with E-state index in [0.717, 1.165) is 129 Å². The Morgan fingerprint density at radius 3 is 0.912 bits per heavy atom. The van der Waals surface area contributed by atoms with Gasteiger partial charge in [-0.05, 0) is 255 Å². The van der Waals surface area contributed by atoms with Crippen LogP contribution in [0, 0.1) is 0 Å². The van der Waals surface area contributed by atoms with E-state index in [1.54, 1.807) is 0 Å². The number of rotatable bonds is 8. The molecule has 0 aliphatic carbocycles. The third-order valence-corrected chi connectivity index (χ3v) is 27.5. The molecule has 4 aromatic heterocycles.